The van der Waals surface area contributed by atoms with Gasteiger partial charge in [-0.1, -0.05) is 25.0 Å². The molecule has 1 amide bonds. The first kappa shape index (κ1) is 15.7. The lowest BCUT2D eigenvalue weighted by atomic mass is 9.78. The second kappa shape index (κ2) is 7.40. The normalized spacial score (nSPS) is 24.7. The minimum absolute atomic E-state index is 0.271. The summed E-state index contributed by atoms with van der Waals surface area (Å²) in [5.74, 6) is 1.03. The number of anilines is 1. The van der Waals surface area contributed by atoms with E-state index >= 15 is 0 Å². The van der Waals surface area contributed by atoms with E-state index in [9.17, 15) is 4.79 Å². The Morgan fingerprint density at radius 2 is 2.00 bits per heavy atom. The molecule has 2 aliphatic rings. The van der Waals surface area contributed by atoms with E-state index in [1.54, 1.807) is 11.8 Å². The summed E-state index contributed by atoms with van der Waals surface area (Å²) < 4.78 is 0. The fraction of sp³-hybridized carbons (Fsp3) is 0.611. The van der Waals surface area contributed by atoms with Crippen LogP contribution in [-0.2, 0) is 4.79 Å². The molecule has 1 aromatic carbocycles. The van der Waals surface area contributed by atoms with Crippen molar-refractivity contribution in [1.29, 1.82) is 0 Å². The Labute approximate surface area is 137 Å². The summed E-state index contributed by atoms with van der Waals surface area (Å²) >= 11 is 1.71. The minimum atomic E-state index is 0.271. The molecule has 0 radical (unpaired) electrons. The molecule has 1 saturated heterocycles. The van der Waals surface area contributed by atoms with E-state index in [1.165, 1.54) is 43.4 Å². The maximum atomic E-state index is 12.7. The Balaban J connectivity index is 1.61. The van der Waals surface area contributed by atoms with Crippen molar-refractivity contribution in [3.63, 3.8) is 0 Å². The molecule has 0 spiro atoms. The monoisotopic (exact) mass is 318 g/mol. The fourth-order valence-electron chi connectivity index (χ4n) is 4.00. The Bertz CT molecular complexity index is 518. The lowest BCUT2D eigenvalue weighted by molar-refractivity contribution is -0.135. The van der Waals surface area contributed by atoms with Gasteiger partial charge in [0.15, 0.2) is 0 Å². The third-order valence-electron chi connectivity index (χ3n) is 5.10. The van der Waals surface area contributed by atoms with Crippen molar-refractivity contribution in [2.75, 3.05) is 24.7 Å². The van der Waals surface area contributed by atoms with Gasteiger partial charge < -0.3 is 10.2 Å². The lowest BCUT2D eigenvalue weighted by Gasteiger charge is -2.44. The number of para-hydroxylation sites is 1. The second-order valence-corrected chi connectivity index (χ2v) is 7.24. The molecule has 0 aromatic heterocycles. The van der Waals surface area contributed by atoms with Crippen LogP contribution in [0.25, 0.3) is 0 Å². The largest absolute Gasteiger partial charge is 0.375 e. The highest BCUT2D eigenvalue weighted by atomic mass is 32.2. The quantitative estimate of drug-likeness (QED) is 0.852. The molecule has 1 N–H and O–H groups in total. The molecule has 2 fully saturated rings. The van der Waals surface area contributed by atoms with Crippen LogP contribution in [0.4, 0.5) is 5.69 Å². The van der Waals surface area contributed by atoms with E-state index in [-0.39, 0.29) is 5.91 Å². The van der Waals surface area contributed by atoms with Crippen molar-refractivity contribution < 1.29 is 4.79 Å². The zero-order valence-electron chi connectivity index (χ0n) is 13.4. The van der Waals surface area contributed by atoms with E-state index in [1.807, 2.05) is 12.1 Å². The number of hydrogen-bond donors (Lipinski definition) is 1. The number of rotatable bonds is 4. The van der Waals surface area contributed by atoms with E-state index in [0.717, 1.165) is 18.2 Å². The summed E-state index contributed by atoms with van der Waals surface area (Å²) in [6, 6.07) is 8.71. The van der Waals surface area contributed by atoms with Gasteiger partial charge in [-0.05, 0) is 50.0 Å². The van der Waals surface area contributed by atoms with Crippen LogP contribution in [0, 0.1) is 5.92 Å². The molecule has 1 saturated carbocycles. The van der Waals surface area contributed by atoms with Crippen molar-refractivity contribution in [2.45, 2.75) is 49.5 Å². The van der Waals surface area contributed by atoms with Crippen LogP contribution in [0.5, 0.6) is 0 Å². The van der Waals surface area contributed by atoms with Crippen LogP contribution in [0.3, 0.4) is 0 Å². The topological polar surface area (TPSA) is 32.3 Å². The number of amides is 1. The van der Waals surface area contributed by atoms with Crippen LogP contribution in [-0.4, -0.2) is 36.2 Å². The highest BCUT2D eigenvalue weighted by Gasteiger charge is 2.35. The van der Waals surface area contributed by atoms with Gasteiger partial charge in [0, 0.05) is 23.2 Å². The Hall–Kier alpha value is -1.16. The van der Waals surface area contributed by atoms with Gasteiger partial charge in [0.2, 0.25) is 5.91 Å². The molecule has 1 aliphatic carbocycles. The molecule has 1 heterocycles. The van der Waals surface area contributed by atoms with Gasteiger partial charge in [-0.15, -0.1) is 11.8 Å². The Morgan fingerprint density at radius 1 is 1.23 bits per heavy atom. The van der Waals surface area contributed by atoms with Crippen molar-refractivity contribution in [1.82, 2.24) is 4.90 Å². The number of nitrogens with one attached hydrogen (secondary N) is 1. The molecule has 2 atom stereocenters. The highest BCUT2D eigenvalue weighted by molar-refractivity contribution is 7.98. The van der Waals surface area contributed by atoms with E-state index in [0.29, 0.717) is 12.6 Å². The summed E-state index contributed by atoms with van der Waals surface area (Å²) in [6.07, 6.45) is 9.72. The molecule has 22 heavy (non-hydrogen) atoms. The molecule has 1 aromatic rings. The summed E-state index contributed by atoms with van der Waals surface area (Å²) in [7, 11) is 0. The average molecular weight is 318 g/mol. The van der Waals surface area contributed by atoms with Gasteiger partial charge in [-0.25, -0.2) is 0 Å². The van der Waals surface area contributed by atoms with Gasteiger partial charge in [0.25, 0.3) is 0 Å². The molecule has 1 aliphatic heterocycles. The average Bonchev–Trinajstić information content (AvgIpc) is 2.59. The standard InChI is InChI=1S/C18H26N2OS/c1-22-17-11-5-3-9-15(17)19-13-18(21)20-12-6-8-14-7-2-4-10-16(14)20/h3,5,9,11,14,16,19H,2,4,6-8,10,12-13H2,1H3. The van der Waals surface area contributed by atoms with Crippen molar-refractivity contribution in [2.24, 2.45) is 5.92 Å². The van der Waals surface area contributed by atoms with Gasteiger partial charge in [-0.3, -0.25) is 4.79 Å². The number of thioether (sulfide) groups is 1. The lowest BCUT2D eigenvalue weighted by Crippen LogP contribution is -2.51. The minimum Gasteiger partial charge on any atom is -0.375 e. The van der Waals surface area contributed by atoms with Crippen molar-refractivity contribution in [3.05, 3.63) is 24.3 Å². The third-order valence-corrected chi connectivity index (χ3v) is 5.90. The van der Waals surface area contributed by atoms with Gasteiger partial charge in [0.1, 0.15) is 0 Å². The van der Waals surface area contributed by atoms with Gasteiger partial charge in [-0.2, -0.15) is 0 Å². The summed E-state index contributed by atoms with van der Waals surface area (Å²) in [5.41, 5.74) is 1.07. The van der Waals surface area contributed by atoms with Crippen LogP contribution in [0.15, 0.2) is 29.2 Å². The molecular formula is C18H26N2OS. The second-order valence-electron chi connectivity index (χ2n) is 6.40. The SMILES string of the molecule is CSc1ccccc1NCC(=O)N1CCCC2CCCCC21. The molecule has 120 valence electrons. The van der Waals surface area contributed by atoms with Gasteiger partial charge in [0.05, 0.1) is 6.54 Å². The molecular weight excluding hydrogens is 292 g/mol. The number of fused-ring (bicyclic) bond motifs is 1. The van der Waals surface area contributed by atoms with Crippen LogP contribution in [0.2, 0.25) is 0 Å². The first-order chi connectivity index (χ1) is 10.8. The fourth-order valence-corrected chi connectivity index (χ4v) is 4.57. The number of carbonyl (C=O) groups is 1. The van der Waals surface area contributed by atoms with E-state index < -0.39 is 0 Å². The first-order valence-corrected chi connectivity index (χ1v) is 9.68. The maximum Gasteiger partial charge on any atom is 0.242 e. The zero-order valence-corrected chi connectivity index (χ0v) is 14.2. The Kier molecular flexibility index (Phi) is 5.29. The van der Waals surface area contributed by atoms with Crippen molar-refractivity contribution in [3.8, 4) is 0 Å². The summed E-state index contributed by atoms with van der Waals surface area (Å²) in [4.78, 5) is 16.0. The smallest absolute Gasteiger partial charge is 0.242 e. The molecule has 0 bridgehead atoms. The molecule has 2 unspecified atom stereocenters. The number of likely N-dealkylation sites (tertiary alicyclic amines) is 1. The van der Waals surface area contributed by atoms with E-state index in [4.69, 9.17) is 0 Å². The highest BCUT2D eigenvalue weighted by Crippen LogP contribution is 2.35. The van der Waals surface area contributed by atoms with Crippen LogP contribution in [0.1, 0.15) is 38.5 Å². The number of piperidine rings is 1. The molecule has 3 nitrogen and oxygen atoms in total. The number of carbonyl (C=O) groups excluding carboxylic acids is 1. The maximum absolute atomic E-state index is 12.7. The van der Waals surface area contributed by atoms with Crippen LogP contribution >= 0.6 is 11.8 Å². The van der Waals surface area contributed by atoms with E-state index in [2.05, 4.69) is 28.6 Å². The number of benzene rings is 1. The van der Waals surface area contributed by atoms with Crippen molar-refractivity contribution >= 4 is 23.4 Å². The summed E-state index contributed by atoms with van der Waals surface area (Å²) in [5, 5.41) is 3.34. The first-order valence-electron chi connectivity index (χ1n) is 8.46. The van der Waals surface area contributed by atoms with Gasteiger partial charge >= 0.3 is 0 Å². The number of hydrogen-bond acceptors (Lipinski definition) is 3. The van der Waals surface area contributed by atoms with Crippen LogP contribution < -0.4 is 5.32 Å². The predicted octanol–water partition coefficient (Wildman–Crippen LogP) is 4.00. The molecule has 4 heteroatoms. The third kappa shape index (κ3) is 3.43. The molecule has 3 rings (SSSR count). The zero-order chi connectivity index (χ0) is 15.4. The Morgan fingerprint density at radius 3 is 2.86 bits per heavy atom. The number of nitrogens with zero attached hydrogens (tertiary/aromatic N) is 1. The summed E-state index contributed by atoms with van der Waals surface area (Å²) in [6.45, 7) is 1.37. The predicted molar refractivity (Wildman–Crippen MR) is 93.4 cm³/mol.